The van der Waals surface area contributed by atoms with Gasteiger partial charge in [-0.1, -0.05) is 30.3 Å². The van der Waals surface area contributed by atoms with Gasteiger partial charge < -0.3 is 5.32 Å². The van der Waals surface area contributed by atoms with Crippen LogP contribution >= 0.6 is 0 Å². The van der Waals surface area contributed by atoms with Crippen molar-refractivity contribution in [3.05, 3.63) is 89.0 Å². The van der Waals surface area contributed by atoms with E-state index in [1.54, 1.807) is 31.3 Å². The summed E-state index contributed by atoms with van der Waals surface area (Å²) in [5.74, 6) is -0.605. The van der Waals surface area contributed by atoms with Gasteiger partial charge in [-0.15, -0.1) is 0 Å². The fourth-order valence-corrected chi connectivity index (χ4v) is 3.03. The van der Waals surface area contributed by atoms with E-state index < -0.39 is 11.7 Å². The van der Waals surface area contributed by atoms with Gasteiger partial charge in [0, 0.05) is 11.8 Å². The number of hydrogen-bond donors (Lipinski definition) is 1. The summed E-state index contributed by atoms with van der Waals surface area (Å²) in [4.78, 5) is 21.3. The average Bonchev–Trinajstić information content (AvgIpc) is 3.07. The molecule has 0 radical (unpaired) electrons. The molecule has 1 aromatic heterocycles. The van der Waals surface area contributed by atoms with E-state index in [2.05, 4.69) is 15.3 Å². The lowest BCUT2D eigenvalue weighted by atomic mass is 9.99. The number of carbonyl (C=O) groups excluding carboxylic acids is 1. The number of aryl methyl sites for hydroxylation is 1. The normalized spacial score (nSPS) is 12.5. The molecule has 3 aromatic rings. The van der Waals surface area contributed by atoms with Gasteiger partial charge in [-0.2, -0.15) is 0 Å². The van der Waals surface area contributed by atoms with Gasteiger partial charge in [0.25, 0.3) is 5.91 Å². The van der Waals surface area contributed by atoms with E-state index in [1.807, 2.05) is 36.4 Å². The van der Waals surface area contributed by atoms with Crippen LogP contribution in [0.25, 0.3) is 11.1 Å². The van der Waals surface area contributed by atoms with E-state index in [-0.39, 0.29) is 5.56 Å². The third kappa shape index (κ3) is 2.88. The molecule has 0 spiro atoms. The molecule has 0 fully saturated rings. The number of hydrogen-bond acceptors (Lipinski definition) is 3. The summed E-state index contributed by atoms with van der Waals surface area (Å²) in [7, 11) is 0. The second kappa shape index (κ2) is 6.52. The lowest BCUT2D eigenvalue weighted by Gasteiger charge is -2.11. The average molecular weight is 345 g/mol. The predicted octanol–water partition coefficient (Wildman–Crippen LogP) is 3.89. The van der Waals surface area contributed by atoms with Gasteiger partial charge in [-0.25, -0.2) is 4.39 Å². The van der Waals surface area contributed by atoms with Gasteiger partial charge in [0.05, 0.1) is 17.8 Å². The van der Waals surface area contributed by atoms with Crippen LogP contribution in [0.1, 0.15) is 27.2 Å². The summed E-state index contributed by atoms with van der Waals surface area (Å²) in [5, 5.41) is 2.73. The number of halogens is 1. The fourth-order valence-electron chi connectivity index (χ4n) is 3.03. The molecule has 0 saturated carbocycles. The van der Waals surface area contributed by atoms with Crippen LogP contribution in [0.4, 0.5) is 4.39 Å². The highest BCUT2D eigenvalue weighted by Gasteiger charge is 2.22. The molecule has 128 valence electrons. The van der Waals surface area contributed by atoms with Crippen LogP contribution in [0.15, 0.2) is 65.8 Å². The number of carbonyl (C=O) groups is 1. The summed E-state index contributed by atoms with van der Waals surface area (Å²) in [6.07, 6.45) is 1.69. The molecule has 2 aromatic carbocycles. The highest BCUT2D eigenvalue weighted by atomic mass is 19.1. The number of amidine groups is 1. The maximum Gasteiger partial charge on any atom is 0.259 e. The molecule has 2 heterocycles. The van der Waals surface area contributed by atoms with E-state index in [0.29, 0.717) is 17.9 Å². The number of nitrogens with one attached hydrogen (secondary N) is 1. The van der Waals surface area contributed by atoms with E-state index in [4.69, 9.17) is 0 Å². The van der Waals surface area contributed by atoms with Gasteiger partial charge in [0.15, 0.2) is 0 Å². The molecule has 4 nitrogen and oxygen atoms in total. The molecule has 0 saturated heterocycles. The van der Waals surface area contributed by atoms with Crippen LogP contribution in [-0.2, 0) is 6.54 Å². The molecule has 0 unspecified atom stereocenters. The topological polar surface area (TPSA) is 54.4 Å². The number of aromatic nitrogens is 1. The highest BCUT2D eigenvalue weighted by Crippen LogP contribution is 2.25. The molecule has 4 rings (SSSR count). The van der Waals surface area contributed by atoms with Crippen LogP contribution in [0, 0.1) is 12.7 Å². The van der Waals surface area contributed by atoms with Crippen LogP contribution in [-0.4, -0.2) is 16.7 Å². The summed E-state index contributed by atoms with van der Waals surface area (Å²) < 4.78 is 14.6. The Morgan fingerprint density at radius 1 is 1.08 bits per heavy atom. The molecule has 1 N–H and O–H groups in total. The maximum absolute atomic E-state index is 14.6. The van der Waals surface area contributed by atoms with E-state index in [9.17, 15) is 9.18 Å². The van der Waals surface area contributed by atoms with Gasteiger partial charge in [-0.3, -0.25) is 14.8 Å². The molecular weight excluding hydrogens is 329 g/mol. The summed E-state index contributed by atoms with van der Waals surface area (Å²) in [6, 6.07) is 16.5. The number of rotatable bonds is 2. The highest BCUT2D eigenvalue weighted by molar-refractivity contribution is 6.14. The minimum atomic E-state index is -0.521. The molecule has 26 heavy (non-hydrogen) atoms. The van der Waals surface area contributed by atoms with Crippen molar-refractivity contribution in [1.29, 1.82) is 0 Å². The first kappa shape index (κ1) is 16.1. The largest absolute Gasteiger partial charge is 0.306 e. The first-order valence-electron chi connectivity index (χ1n) is 8.29. The second-order valence-electron chi connectivity index (χ2n) is 6.14. The standard InChI is InChI=1S/C21H16FN3O/c1-13-10-15(14-6-3-2-4-7-14)11-17(19(13)22)21(26)25-20-16-8-5-9-23-18(16)12-24-20/h2-11H,12H2,1H3,(H,24,25,26). The smallest absolute Gasteiger partial charge is 0.259 e. The number of amides is 1. The predicted molar refractivity (Wildman–Crippen MR) is 98.5 cm³/mol. The van der Waals surface area contributed by atoms with Crippen molar-refractivity contribution in [2.24, 2.45) is 4.99 Å². The first-order valence-corrected chi connectivity index (χ1v) is 8.29. The zero-order valence-corrected chi connectivity index (χ0v) is 14.2. The van der Waals surface area contributed by atoms with Crippen molar-refractivity contribution in [3.8, 4) is 11.1 Å². The van der Waals surface area contributed by atoms with Crippen molar-refractivity contribution in [2.75, 3.05) is 0 Å². The van der Waals surface area contributed by atoms with E-state index in [0.717, 1.165) is 22.4 Å². The maximum atomic E-state index is 14.6. The van der Waals surface area contributed by atoms with Gasteiger partial charge in [-0.05, 0) is 47.9 Å². The Kier molecular flexibility index (Phi) is 4.05. The Balaban J connectivity index is 1.67. The van der Waals surface area contributed by atoms with Crippen LogP contribution < -0.4 is 5.32 Å². The van der Waals surface area contributed by atoms with E-state index >= 15 is 0 Å². The Labute approximate surface area is 150 Å². The Morgan fingerprint density at radius 2 is 1.88 bits per heavy atom. The fraction of sp³-hybridized carbons (Fsp3) is 0.0952. The monoisotopic (exact) mass is 345 g/mol. The van der Waals surface area contributed by atoms with Crippen molar-refractivity contribution in [3.63, 3.8) is 0 Å². The summed E-state index contributed by atoms with van der Waals surface area (Å²) in [6.45, 7) is 2.07. The van der Waals surface area contributed by atoms with Crippen LogP contribution in [0.3, 0.4) is 0 Å². The Bertz CT molecular complexity index is 1030. The number of aliphatic imine (C=N–C) groups is 1. The van der Waals surface area contributed by atoms with Gasteiger partial charge in [0.1, 0.15) is 11.7 Å². The van der Waals surface area contributed by atoms with Gasteiger partial charge in [0.2, 0.25) is 0 Å². The zero-order valence-electron chi connectivity index (χ0n) is 14.2. The van der Waals surface area contributed by atoms with Crippen molar-refractivity contribution in [2.45, 2.75) is 13.5 Å². The molecule has 1 aliphatic rings. The zero-order chi connectivity index (χ0) is 18.1. The molecule has 0 atom stereocenters. The Morgan fingerprint density at radius 3 is 2.69 bits per heavy atom. The van der Waals surface area contributed by atoms with Crippen molar-refractivity contribution >= 4 is 11.7 Å². The first-order chi connectivity index (χ1) is 12.6. The third-order valence-corrected chi connectivity index (χ3v) is 4.37. The van der Waals surface area contributed by atoms with Crippen LogP contribution in [0.5, 0.6) is 0 Å². The van der Waals surface area contributed by atoms with Crippen molar-refractivity contribution in [1.82, 2.24) is 10.3 Å². The number of benzene rings is 2. The molecule has 1 amide bonds. The Hall–Kier alpha value is -3.34. The number of pyridine rings is 1. The lowest BCUT2D eigenvalue weighted by molar-refractivity contribution is 0.0973. The second-order valence-corrected chi connectivity index (χ2v) is 6.14. The van der Waals surface area contributed by atoms with Crippen molar-refractivity contribution < 1.29 is 9.18 Å². The van der Waals surface area contributed by atoms with E-state index in [1.165, 1.54) is 0 Å². The minimum Gasteiger partial charge on any atom is -0.306 e. The molecule has 5 heteroatoms. The summed E-state index contributed by atoms with van der Waals surface area (Å²) >= 11 is 0. The molecule has 1 aliphatic heterocycles. The quantitative estimate of drug-likeness (QED) is 0.766. The third-order valence-electron chi connectivity index (χ3n) is 4.37. The SMILES string of the molecule is Cc1cc(-c2ccccc2)cc(C(=O)NC2=NCc3ncccc32)c1F. The molecule has 0 bridgehead atoms. The summed E-state index contributed by atoms with van der Waals surface area (Å²) in [5.41, 5.74) is 3.73. The number of nitrogens with zero attached hydrogens (tertiary/aromatic N) is 2. The number of fused-ring (bicyclic) bond motifs is 1. The molecule has 0 aliphatic carbocycles. The minimum absolute atomic E-state index is 0.00360. The lowest BCUT2D eigenvalue weighted by Crippen LogP contribution is -2.31. The van der Waals surface area contributed by atoms with Gasteiger partial charge >= 0.3 is 0 Å². The van der Waals surface area contributed by atoms with Crippen LogP contribution in [0.2, 0.25) is 0 Å². The molecular formula is C21H16FN3O.